The molecule has 152 valence electrons. The molecule has 0 bridgehead atoms. The third-order valence-electron chi connectivity index (χ3n) is 5.84. The first-order chi connectivity index (χ1) is 14.1. The van der Waals surface area contributed by atoms with Gasteiger partial charge in [-0.05, 0) is 36.1 Å². The second-order valence-corrected chi connectivity index (χ2v) is 7.55. The summed E-state index contributed by atoms with van der Waals surface area (Å²) in [6.07, 6.45) is 0.924. The topological polar surface area (TPSA) is 59.1 Å². The number of methoxy groups -OCH3 is 2. The summed E-state index contributed by atoms with van der Waals surface area (Å²) in [5, 5.41) is 0. The zero-order valence-corrected chi connectivity index (χ0v) is 16.8. The van der Waals surface area contributed by atoms with Crippen LogP contribution in [0, 0.1) is 5.92 Å². The van der Waals surface area contributed by atoms with Gasteiger partial charge in [-0.25, -0.2) is 0 Å². The Morgan fingerprint density at radius 2 is 1.52 bits per heavy atom. The number of ether oxygens (including phenoxy) is 2. The van der Waals surface area contributed by atoms with Gasteiger partial charge < -0.3 is 19.3 Å². The number of benzene rings is 2. The molecule has 2 unspecified atom stereocenters. The van der Waals surface area contributed by atoms with E-state index in [0.29, 0.717) is 49.2 Å². The number of nitrogens with zero attached hydrogens (tertiary/aromatic N) is 2. The fraction of sp³-hybridized carbons (Fsp3) is 0.391. The number of hydrogen-bond acceptors (Lipinski definition) is 4. The van der Waals surface area contributed by atoms with Gasteiger partial charge >= 0.3 is 0 Å². The van der Waals surface area contributed by atoms with Gasteiger partial charge in [-0.1, -0.05) is 30.3 Å². The largest absolute Gasteiger partial charge is 0.493 e. The summed E-state index contributed by atoms with van der Waals surface area (Å²) in [5.41, 5.74) is 1.81. The molecule has 2 aromatic carbocycles. The predicted molar refractivity (Wildman–Crippen MR) is 109 cm³/mol. The SMILES string of the molecule is COc1ccc(C(=O)N2CCN(C(=O)C3CC3c3ccccc3)CC2)cc1OC. The molecule has 1 aliphatic heterocycles. The van der Waals surface area contributed by atoms with Gasteiger partial charge in [0.05, 0.1) is 14.2 Å². The fourth-order valence-corrected chi connectivity index (χ4v) is 4.05. The molecule has 6 heteroatoms. The van der Waals surface area contributed by atoms with Crippen LogP contribution in [0.25, 0.3) is 0 Å². The van der Waals surface area contributed by atoms with Crippen molar-refractivity contribution in [2.45, 2.75) is 12.3 Å². The maximum atomic E-state index is 12.9. The van der Waals surface area contributed by atoms with Gasteiger partial charge in [0.15, 0.2) is 11.5 Å². The third kappa shape index (κ3) is 3.92. The summed E-state index contributed by atoms with van der Waals surface area (Å²) in [4.78, 5) is 29.4. The minimum Gasteiger partial charge on any atom is -0.493 e. The standard InChI is InChI=1S/C23H26N2O4/c1-28-20-9-8-17(14-21(20)29-2)22(26)24-10-12-25(13-11-24)23(27)19-15-18(19)16-6-4-3-5-7-16/h3-9,14,18-19H,10-13,15H2,1-2H3. The summed E-state index contributed by atoms with van der Waals surface area (Å²) in [6, 6.07) is 15.4. The Balaban J connectivity index is 1.34. The molecule has 2 fully saturated rings. The fourth-order valence-electron chi connectivity index (χ4n) is 4.05. The van der Waals surface area contributed by atoms with Gasteiger partial charge in [-0.3, -0.25) is 9.59 Å². The Morgan fingerprint density at radius 3 is 2.17 bits per heavy atom. The lowest BCUT2D eigenvalue weighted by atomic mass is 10.1. The molecule has 2 amide bonds. The van der Waals surface area contributed by atoms with Crippen LogP contribution in [0.2, 0.25) is 0 Å². The van der Waals surface area contributed by atoms with Crippen LogP contribution in [-0.4, -0.2) is 62.0 Å². The van der Waals surface area contributed by atoms with Gasteiger partial charge in [-0.2, -0.15) is 0 Å². The van der Waals surface area contributed by atoms with Crippen LogP contribution in [-0.2, 0) is 4.79 Å². The normalized spacial score (nSPS) is 20.9. The van der Waals surface area contributed by atoms with Crippen molar-refractivity contribution in [3.63, 3.8) is 0 Å². The lowest BCUT2D eigenvalue weighted by Crippen LogP contribution is -2.51. The van der Waals surface area contributed by atoms with Crippen LogP contribution in [0.4, 0.5) is 0 Å². The summed E-state index contributed by atoms with van der Waals surface area (Å²) in [5.74, 6) is 1.73. The van der Waals surface area contributed by atoms with E-state index in [1.54, 1.807) is 37.3 Å². The molecule has 1 saturated carbocycles. The van der Waals surface area contributed by atoms with E-state index in [-0.39, 0.29) is 17.7 Å². The molecule has 2 aliphatic rings. The van der Waals surface area contributed by atoms with E-state index >= 15 is 0 Å². The highest BCUT2D eigenvalue weighted by atomic mass is 16.5. The van der Waals surface area contributed by atoms with Crippen molar-refractivity contribution >= 4 is 11.8 Å². The minimum absolute atomic E-state index is 0.0494. The highest BCUT2D eigenvalue weighted by Crippen LogP contribution is 2.48. The molecule has 6 nitrogen and oxygen atoms in total. The van der Waals surface area contributed by atoms with Gasteiger partial charge in [0.25, 0.3) is 5.91 Å². The first kappa shape index (κ1) is 19.3. The molecule has 2 aromatic rings. The van der Waals surface area contributed by atoms with Gasteiger partial charge in [0.1, 0.15) is 0 Å². The lowest BCUT2D eigenvalue weighted by molar-refractivity contribution is -0.134. The molecule has 0 spiro atoms. The Kier molecular flexibility index (Phi) is 5.43. The monoisotopic (exact) mass is 394 g/mol. The van der Waals surface area contributed by atoms with Crippen molar-refractivity contribution in [1.82, 2.24) is 9.80 Å². The van der Waals surface area contributed by atoms with E-state index in [2.05, 4.69) is 12.1 Å². The van der Waals surface area contributed by atoms with Crippen molar-refractivity contribution < 1.29 is 19.1 Å². The maximum Gasteiger partial charge on any atom is 0.254 e. The maximum absolute atomic E-state index is 12.9. The van der Waals surface area contributed by atoms with E-state index < -0.39 is 0 Å². The molecule has 29 heavy (non-hydrogen) atoms. The summed E-state index contributed by atoms with van der Waals surface area (Å²) in [6.45, 7) is 2.25. The second-order valence-electron chi connectivity index (χ2n) is 7.55. The number of amides is 2. The van der Waals surface area contributed by atoms with Gasteiger partial charge in [0, 0.05) is 37.7 Å². The van der Waals surface area contributed by atoms with Crippen molar-refractivity contribution in [1.29, 1.82) is 0 Å². The number of piperazine rings is 1. The van der Waals surface area contributed by atoms with Crippen LogP contribution in [0.3, 0.4) is 0 Å². The molecule has 2 atom stereocenters. The number of rotatable bonds is 5. The average molecular weight is 394 g/mol. The zero-order valence-electron chi connectivity index (χ0n) is 16.8. The van der Waals surface area contributed by atoms with Crippen LogP contribution in [0.15, 0.2) is 48.5 Å². The van der Waals surface area contributed by atoms with E-state index in [1.807, 2.05) is 23.1 Å². The van der Waals surface area contributed by atoms with Crippen molar-refractivity contribution in [2.75, 3.05) is 40.4 Å². The Morgan fingerprint density at radius 1 is 0.862 bits per heavy atom. The Bertz CT molecular complexity index is 891. The van der Waals surface area contributed by atoms with E-state index in [9.17, 15) is 9.59 Å². The van der Waals surface area contributed by atoms with Crippen LogP contribution in [0.5, 0.6) is 11.5 Å². The summed E-state index contributed by atoms with van der Waals surface area (Å²) < 4.78 is 10.5. The minimum atomic E-state index is -0.0494. The van der Waals surface area contributed by atoms with Crippen LogP contribution < -0.4 is 9.47 Å². The molecule has 0 radical (unpaired) electrons. The highest BCUT2D eigenvalue weighted by molar-refractivity contribution is 5.95. The lowest BCUT2D eigenvalue weighted by Gasteiger charge is -2.35. The summed E-state index contributed by atoms with van der Waals surface area (Å²) >= 11 is 0. The molecule has 1 saturated heterocycles. The molecule has 1 aliphatic carbocycles. The first-order valence-electron chi connectivity index (χ1n) is 9.97. The summed E-state index contributed by atoms with van der Waals surface area (Å²) in [7, 11) is 3.12. The number of carbonyl (C=O) groups is 2. The van der Waals surface area contributed by atoms with Gasteiger partial charge in [0.2, 0.25) is 5.91 Å². The third-order valence-corrected chi connectivity index (χ3v) is 5.84. The quantitative estimate of drug-likeness (QED) is 0.783. The zero-order chi connectivity index (χ0) is 20.4. The van der Waals surface area contributed by atoms with Crippen LogP contribution in [0.1, 0.15) is 28.3 Å². The Hall–Kier alpha value is -3.02. The average Bonchev–Trinajstić information content (AvgIpc) is 3.59. The molecule has 4 rings (SSSR count). The predicted octanol–water partition coefficient (Wildman–Crippen LogP) is 2.79. The first-order valence-corrected chi connectivity index (χ1v) is 9.97. The van der Waals surface area contributed by atoms with Crippen molar-refractivity contribution in [2.24, 2.45) is 5.92 Å². The number of carbonyl (C=O) groups excluding carboxylic acids is 2. The molecule has 0 N–H and O–H groups in total. The molecular formula is C23H26N2O4. The molecular weight excluding hydrogens is 368 g/mol. The van der Waals surface area contributed by atoms with Gasteiger partial charge in [-0.15, -0.1) is 0 Å². The Labute approximate surface area is 171 Å². The van der Waals surface area contributed by atoms with E-state index in [0.717, 1.165) is 6.42 Å². The smallest absolute Gasteiger partial charge is 0.254 e. The van der Waals surface area contributed by atoms with E-state index in [4.69, 9.17) is 9.47 Å². The molecule has 0 aromatic heterocycles. The van der Waals surface area contributed by atoms with Crippen molar-refractivity contribution in [3.05, 3.63) is 59.7 Å². The van der Waals surface area contributed by atoms with E-state index in [1.165, 1.54) is 5.56 Å². The van der Waals surface area contributed by atoms with Crippen molar-refractivity contribution in [3.8, 4) is 11.5 Å². The van der Waals surface area contributed by atoms with Crippen LogP contribution >= 0.6 is 0 Å². The second kappa shape index (κ2) is 8.15. The number of hydrogen-bond donors (Lipinski definition) is 0. The molecule has 1 heterocycles. The highest BCUT2D eigenvalue weighted by Gasteiger charge is 2.46.